The van der Waals surface area contributed by atoms with Crippen molar-refractivity contribution in [2.75, 3.05) is 38.3 Å². The summed E-state index contributed by atoms with van der Waals surface area (Å²) in [5.41, 5.74) is 1.73. The zero-order chi connectivity index (χ0) is 20.1. The van der Waals surface area contributed by atoms with E-state index >= 15 is 0 Å². The van der Waals surface area contributed by atoms with Gasteiger partial charge in [0.05, 0.1) is 10.2 Å². The Labute approximate surface area is 178 Å². The molecule has 0 saturated heterocycles. The smallest absolute Gasteiger partial charge is 0.252 e. The van der Waals surface area contributed by atoms with Crippen molar-refractivity contribution in [3.8, 4) is 0 Å². The fraction of sp³-hybridized carbons (Fsp3) is 0.238. The molecule has 1 heterocycles. The molecule has 2 aromatic carbocycles. The van der Waals surface area contributed by atoms with E-state index in [0.29, 0.717) is 16.7 Å². The molecule has 3 rings (SSSR count). The van der Waals surface area contributed by atoms with Crippen molar-refractivity contribution < 1.29 is 4.79 Å². The molecule has 0 saturated carbocycles. The van der Waals surface area contributed by atoms with Gasteiger partial charge in [-0.3, -0.25) is 9.69 Å². The minimum Gasteiger partial charge on any atom is -0.308 e. The maximum absolute atomic E-state index is 13.0. The van der Waals surface area contributed by atoms with Crippen LogP contribution in [0.2, 0.25) is 5.02 Å². The van der Waals surface area contributed by atoms with E-state index in [4.69, 9.17) is 16.6 Å². The van der Waals surface area contributed by atoms with Crippen LogP contribution in [0.1, 0.15) is 5.56 Å². The predicted octanol–water partition coefficient (Wildman–Crippen LogP) is 5.28. The number of carbonyl (C=O) groups is 1. The number of anilines is 1. The molecule has 7 heteroatoms. The fourth-order valence-electron chi connectivity index (χ4n) is 2.60. The van der Waals surface area contributed by atoms with Gasteiger partial charge >= 0.3 is 0 Å². The number of halogens is 1. The van der Waals surface area contributed by atoms with Gasteiger partial charge in [-0.1, -0.05) is 41.1 Å². The number of carbonyl (C=O) groups excluding carboxylic acids is 1. The third kappa shape index (κ3) is 5.14. The second-order valence-corrected chi connectivity index (χ2v) is 8.77. The lowest BCUT2D eigenvalue weighted by molar-refractivity contribution is -0.114. The minimum atomic E-state index is -0.106. The second-order valence-electron chi connectivity index (χ2n) is 6.48. The Morgan fingerprint density at radius 3 is 2.71 bits per heavy atom. The first kappa shape index (κ1) is 20.9. The SMILES string of the molecule is CSc1ccc2nc(N(CCN(C)C)C(=O)C=Cc3ccccc3Cl)sc2c1. The molecule has 0 spiro atoms. The van der Waals surface area contributed by atoms with Gasteiger partial charge in [0.1, 0.15) is 0 Å². The summed E-state index contributed by atoms with van der Waals surface area (Å²) in [5.74, 6) is -0.106. The van der Waals surface area contributed by atoms with Crippen LogP contribution in [0.4, 0.5) is 5.13 Å². The molecule has 3 aromatic rings. The van der Waals surface area contributed by atoms with Gasteiger partial charge in [-0.15, -0.1) is 11.8 Å². The summed E-state index contributed by atoms with van der Waals surface area (Å²) in [6.07, 6.45) is 5.37. The van der Waals surface area contributed by atoms with Crippen LogP contribution in [-0.2, 0) is 4.79 Å². The highest BCUT2D eigenvalue weighted by molar-refractivity contribution is 7.98. The van der Waals surface area contributed by atoms with E-state index in [0.717, 1.165) is 22.3 Å². The number of amides is 1. The highest BCUT2D eigenvalue weighted by Gasteiger charge is 2.18. The second kappa shape index (κ2) is 9.56. The van der Waals surface area contributed by atoms with Crippen molar-refractivity contribution in [2.45, 2.75) is 4.90 Å². The van der Waals surface area contributed by atoms with Gasteiger partial charge in [-0.25, -0.2) is 4.98 Å². The molecule has 1 aromatic heterocycles. The van der Waals surface area contributed by atoms with Crippen molar-refractivity contribution >= 4 is 62.0 Å². The molecular formula is C21H22ClN3OS2. The Kier molecular flexibility index (Phi) is 7.13. The maximum Gasteiger partial charge on any atom is 0.252 e. The monoisotopic (exact) mass is 431 g/mol. The van der Waals surface area contributed by atoms with Crippen LogP contribution in [0.15, 0.2) is 53.4 Å². The topological polar surface area (TPSA) is 36.4 Å². The molecule has 0 unspecified atom stereocenters. The van der Waals surface area contributed by atoms with Gasteiger partial charge in [0, 0.05) is 29.1 Å². The summed E-state index contributed by atoms with van der Waals surface area (Å²) < 4.78 is 1.08. The summed E-state index contributed by atoms with van der Waals surface area (Å²) in [4.78, 5) is 22.6. The van der Waals surface area contributed by atoms with Crippen molar-refractivity contribution in [1.82, 2.24) is 9.88 Å². The number of benzene rings is 2. The van der Waals surface area contributed by atoms with Crippen LogP contribution in [0.5, 0.6) is 0 Å². The van der Waals surface area contributed by atoms with Crippen molar-refractivity contribution in [2.24, 2.45) is 0 Å². The molecule has 0 aliphatic heterocycles. The van der Waals surface area contributed by atoms with Crippen LogP contribution in [0.25, 0.3) is 16.3 Å². The van der Waals surface area contributed by atoms with E-state index in [1.807, 2.05) is 44.4 Å². The van der Waals surface area contributed by atoms with E-state index < -0.39 is 0 Å². The standard InChI is InChI=1S/C21H22ClN3OS2/c1-24(2)12-13-25(20(26)11-8-15-6-4-5-7-17(15)22)21-23-18-10-9-16(27-3)14-19(18)28-21/h4-11,14H,12-13H2,1-3H3. The molecule has 28 heavy (non-hydrogen) atoms. The van der Waals surface area contributed by atoms with Gasteiger partial charge in [0.15, 0.2) is 5.13 Å². The average molecular weight is 432 g/mol. The first-order valence-corrected chi connectivity index (χ1v) is 11.2. The number of aromatic nitrogens is 1. The molecule has 0 aliphatic carbocycles. The number of hydrogen-bond donors (Lipinski definition) is 0. The van der Waals surface area contributed by atoms with Crippen LogP contribution in [0, 0.1) is 0 Å². The lowest BCUT2D eigenvalue weighted by Gasteiger charge is -2.20. The third-order valence-corrected chi connectivity index (χ3v) is 6.27. The minimum absolute atomic E-state index is 0.106. The lowest BCUT2D eigenvalue weighted by Crippen LogP contribution is -2.35. The maximum atomic E-state index is 13.0. The lowest BCUT2D eigenvalue weighted by atomic mass is 10.2. The molecule has 0 radical (unpaired) electrons. The van der Waals surface area contributed by atoms with E-state index in [2.05, 4.69) is 23.3 Å². The first-order chi connectivity index (χ1) is 13.5. The predicted molar refractivity (Wildman–Crippen MR) is 123 cm³/mol. The number of likely N-dealkylation sites (N-methyl/N-ethyl adjacent to an activating group) is 1. The van der Waals surface area contributed by atoms with Gasteiger partial charge in [-0.05, 0) is 56.3 Å². The number of fused-ring (bicyclic) bond motifs is 1. The zero-order valence-electron chi connectivity index (χ0n) is 16.1. The van der Waals surface area contributed by atoms with E-state index in [1.165, 1.54) is 4.90 Å². The molecule has 0 atom stereocenters. The molecule has 0 aliphatic rings. The Bertz CT molecular complexity index is 1000. The summed E-state index contributed by atoms with van der Waals surface area (Å²) in [6.45, 7) is 1.31. The summed E-state index contributed by atoms with van der Waals surface area (Å²) in [7, 11) is 3.98. The molecular weight excluding hydrogens is 410 g/mol. The number of rotatable bonds is 7. The Morgan fingerprint density at radius 1 is 1.21 bits per heavy atom. The van der Waals surface area contributed by atoms with Crippen molar-refractivity contribution in [3.05, 3.63) is 59.1 Å². The van der Waals surface area contributed by atoms with Gasteiger partial charge in [-0.2, -0.15) is 0 Å². The summed E-state index contributed by atoms with van der Waals surface area (Å²) >= 11 is 9.43. The molecule has 0 N–H and O–H groups in total. The van der Waals surface area contributed by atoms with Crippen molar-refractivity contribution in [3.63, 3.8) is 0 Å². The molecule has 0 fully saturated rings. The van der Waals surface area contributed by atoms with Crippen LogP contribution in [-0.4, -0.2) is 49.2 Å². The van der Waals surface area contributed by atoms with Gasteiger partial charge in [0.25, 0.3) is 5.91 Å². The van der Waals surface area contributed by atoms with Crippen LogP contribution >= 0.6 is 34.7 Å². The molecule has 0 bridgehead atoms. The van der Waals surface area contributed by atoms with Crippen molar-refractivity contribution in [1.29, 1.82) is 0 Å². The number of hydrogen-bond acceptors (Lipinski definition) is 5. The molecule has 146 valence electrons. The number of thiazole rings is 1. The summed E-state index contributed by atoms with van der Waals surface area (Å²) in [6, 6.07) is 13.7. The Morgan fingerprint density at radius 2 is 2.00 bits per heavy atom. The van der Waals surface area contributed by atoms with E-state index in [1.54, 1.807) is 40.2 Å². The number of thioether (sulfide) groups is 1. The van der Waals surface area contributed by atoms with Gasteiger partial charge < -0.3 is 4.90 Å². The average Bonchev–Trinajstić information content (AvgIpc) is 3.09. The van der Waals surface area contributed by atoms with Gasteiger partial charge in [0.2, 0.25) is 0 Å². The summed E-state index contributed by atoms with van der Waals surface area (Å²) in [5, 5.41) is 1.33. The van der Waals surface area contributed by atoms with E-state index in [-0.39, 0.29) is 5.91 Å². The highest BCUT2D eigenvalue weighted by atomic mass is 35.5. The van der Waals surface area contributed by atoms with Crippen LogP contribution < -0.4 is 4.90 Å². The quantitative estimate of drug-likeness (QED) is 0.376. The third-order valence-electron chi connectivity index (χ3n) is 4.16. The highest BCUT2D eigenvalue weighted by Crippen LogP contribution is 2.31. The first-order valence-electron chi connectivity index (χ1n) is 8.81. The van der Waals surface area contributed by atoms with Crippen LogP contribution in [0.3, 0.4) is 0 Å². The Balaban J connectivity index is 1.90. The zero-order valence-corrected chi connectivity index (χ0v) is 18.4. The largest absolute Gasteiger partial charge is 0.308 e. The molecule has 4 nitrogen and oxygen atoms in total. The number of nitrogens with zero attached hydrogens (tertiary/aromatic N) is 3. The normalized spacial score (nSPS) is 11.6. The molecule has 1 amide bonds. The Hall–Kier alpha value is -1.86. The fourth-order valence-corrected chi connectivity index (χ4v) is 4.35. The van der Waals surface area contributed by atoms with E-state index in [9.17, 15) is 4.79 Å².